The van der Waals surface area contributed by atoms with E-state index in [1.807, 2.05) is 38.7 Å². The molecule has 1 amide bonds. The van der Waals surface area contributed by atoms with E-state index in [1.54, 1.807) is 0 Å². The van der Waals surface area contributed by atoms with Crippen LogP contribution in [0.15, 0.2) is 18.2 Å². The highest BCUT2D eigenvalue weighted by molar-refractivity contribution is 5.85. The number of hydrogen-bond acceptors (Lipinski definition) is 3. The van der Waals surface area contributed by atoms with Crippen LogP contribution in [0.25, 0.3) is 0 Å². The first kappa shape index (κ1) is 16.3. The molecule has 0 unspecified atom stereocenters. The zero-order chi connectivity index (χ0) is 16.6. The van der Waals surface area contributed by atoms with E-state index in [-0.39, 0.29) is 18.1 Å². The largest absolute Gasteiger partial charge is 0.478 e. The van der Waals surface area contributed by atoms with Gasteiger partial charge in [-0.2, -0.15) is 0 Å². The van der Waals surface area contributed by atoms with Crippen LogP contribution in [-0.2, 0) is 22.4 Å². The summed E-state index contributed by atoms with van der Waals surface area (Å²) >= 11 is 0. The normalized spacial score (nSPS) is 24.4. The Morgan fingerprint density at radius 1 is 1.17 bits per heavy atom. The standard InChI is InChI=1S/C19H27NO3/c1-13-11-20(12-14(2)22-13)18(21)19(3,4)23-17-9-8-15-6-5-7-16(15)10-17/h8-10,13-14H,5-7,11-12H2,1-4H3/t13-,14-/m0/s1. The predicted molar refractivity (Wildman–Crippen MR) is 89.8 cm³/mol. The quantitative estimate of drug-likeness (QED) is 0.860. The molecule has 4 nitrogen and oxygen atoms in total. The molecule has 4 heteroatoms. The Morgan fingerprint density at radius 3 is 2.52 bits per heavy atom. The fourth-order valence-corrected chi connectivity index (χ4v) is 3.67. The van der Waals surface area contributed by atoms with E-state index in [1.165, 1.54) is 17.5 Å². The average molecular weight is 317 g/mol. The summed E-state index contributed by atoms with van der Waals surface area (Å²) in [5.41, 5.74) is 1.90. The number of carbonyl (C=O) groups excluding carboxylic acids is 1. The number of fused-ring (bicyclic) bond motifs is 1. The molecule has 1 fully saturated rings. The second-order valence-electron chi connectivity index (χ2n) is 7.36. The van der Waals surface area contributed by atoms with Crippen LogP contribution >= 0.6 is 0 Å². The highest BCUT2D eigenvalue weighted by Gasteiger charge is 2.37. The maximum atomic E-state index is 12.9. The Balaban J connectivity index is 1.71. The number of aryl methyl sites for hydroxylation is 2. The minimum Gasteiger partial charge on any atom is -0.478 e. The van der Waals surface area contributed by atoms with Gasteiger partial charge in [0.1, 0.15) is 5.75 Å². The predicted octanol–water partition coefficient (Wildman–Crippen LogP) is 2.97. The number of benzene rings is 1. The van der Waals surface area contributed by atoms with Crippen molar-refractivity contribution in [1.29, 1.82) is 0 Å². The molecule has 0 radical (unpaired) electrons. The van der Waals surface area contributed by atoms with Gasteiger partial charge in [-0.3, -0.25) is 4.79 Å². The van der Waals surface area contributed by atoms with Crippen molar-refractivity contribution in [3.8, 4) is 5.75 Å². The lowest BCUT2D eigenvalue weighted by Crippen LogP contribution is -2.55. The van der Waals surface area contributed by atoms with Crippen molar-refractivity contribution < 1.29 is 14.3 Å². The van der Waals surface area contributed by atoms with Gasteiger partial charge in [-0.15, -0.1) is 0 Å². The van der Waals surface area contributed by atoms with Crippen LogP contribution in [0.5, 0.6) is 5.75 Å². The maximum absolute atomic E-state index is 12.9. The lowest BCUT2D eigenvalue weighted by Gasteiger charge is -2.39. The zero-order valence-corrected chi connectivity index (χ0v) is 14.6. The van der Waals surface area contributed by atoms with Crippen molar-refractivity contribution in [1.82, 2.24) is 4.90 Å². The van der Waals surface area contributed by atoms with Crippen LogP contribution in [0.1, 0.15) is 45.2 Å². The number of carbonyl (C=O) groups is 1. The van der Waals surface area contributed by atoms with E-state index < -0.39 is 5.60 Å². The van der Waals surface area contributed by atoms with Crippen LogP contribution in [0.3, 0.4) is 0 Å². The molecule has 1 aliphatic carbocycles. The number of nitrogens with zero attached hydrogens (tertiary/aromatic N) is 1. The Morgan fingerprint density at radius 2 is 1.83 bits per heavy atom. The third-order valence-electron chi connectivity index (χ3n) is 4.66. The van der Waals surface area contributed by atoms with Crippen molar-refractivity contribution in [2.75, 3.05) is 13.1 Å². The smallest absolute Gasteiger partial charge is 0.266 e. The van der Waals surface area contributed by atoms with E-state index in [0.717, 1.165) is 18.6 Å². The highest BCUT2D eigenvalue weighted by atomic mass is 16.5. The lowest BCUT2D eigenvalue weighted by atomic mass is 10.1. The third kappa shape index (κ3) is 3.52. The number of rotatable bonds is 3. The van der Waals surface area contributed by atoms with E-state index in [4.69, 9.17) is 9.47 Å². The molecule has 2 aliphatic rings. The van der Waals surface area contributed by atoms with Crippen molar-refractivity contribution in [2.45, 2.75) is 64.8 Å². The molecule has 23 heavy (non-hydrogen) atoms. The fourth-order valence-electron chi connectivity index (χ4n) is 3.67. The van der Waals surface area contributed by atoms with Gasteiger partial charge in [0.25, 0.3) is 5.91 Å². The van der Waals surface area contributed by atoms with Crippen LogP contribution in [0.2, 0.25) is 0 Å². The van der Waals surface area contributed by atoms with Gasteiger partial charge in [0, 0.05) is 13.1 Å². The van der Waals surface area contributed by atoms with Crippen molar-refractivity contribution in [3.05, 3.63) is 29.3 Å². The first-order chi connectivity index (χ1) is 10.8. The molecular formula is C19H27NO3. The molecule has 1 aliphatic heterocycles. The summed E-state index contributed by atoms with van der Waals surface area (Å²) < 4.78 is 11.8. The monoisotopic (exact) mass is 317 g/mol. The molecule has 2 atom stereocenters. The molecule has 0 aromatic heterocycles. The second kappa shape index (κ2) is 6.16. The summed E-state index contributed by atoms with van der Waals surface area (Å²) in [6, 6.07) is 6.22. The topological polar surface area (TPSA) is 38.8 Å². The van der Waals surface area contributed by atoms with Crippen molar-refractivity contribution >= 4 is 5.91 Å². The van der Waals surface area contributed by atoms with Gasteiger partial charge in [0.15, 0.2) is 5.60 Å². The molecule has 0 bridgehead atoms. The number of ether oxygens (including phenoxy) is 2. The molecule has 1 aromatic carbocycles. The molecule has 1 aromatic rings. The lowest BCUT2D eigenvalue weighted by molar-refractivity contribution is -0.156. The van der Waals surface area contributed by atoms with Gasteiger partial charge in [0.05, 0.1) is 12.2 Å². The van der Waals surface area contributed by atoms with Crippen molar-refractivity contribution in [3.63, 3.8) is 0 Å². The fraction of sp³-hybridized carbons (Fsp3) is 0.632. The van der Waals surface area contributed by atoms with E-state index in [0.29, 0.717) is 13.1 Å². The van der Waals surface area contributed by atoms with Crippen LogP contribution in [-0.4, -0.2) is 41.7 Å². The summed E-state index contributed by atoms with van der Waals surface area (Å²) in [7, 11) is 0. The van der Waals surface area contributed by atoms with Gasteiger partial charge in [-0.05, 0) is 70.2 Å². The Labute approximate surface area is 138 Å². The molecular weight excluding hydrogens is 290 g/mol. The van der Waals surface area contributed by atoms with Crippen LogP contribution < -0.4 is 4.74 Å². The molecule has 0 N–H and O–H groups in total. The van der Waals surface area contributed by atoms with E-state index >= 15 is 0 Å². The summed E-state index contributed by atoms with van der Waals surface area (Å²) in [4.78, 5) is 14.8. The maximum Gasteiger partial charge on any atom is 0.266 e. The van der Waals surface area contributed by atoms with Gasteiger partial charge in [-0.25, -0.2) is 0 Å². The third-order valence-corrected chi connectivity index (χ3v) is 4.66. The van der Waals surface area contributed by atoms with Crippen molar-refractivity contribution in [2.24, 2.45) is 0 Å². The van der Waals surface area contributed by atoms with Gasteiger partial charge in [0.2, 0.25) is 0 Å². The minimum atomic E-state index is -0.871. The minimum absolute atomic E-state index is 0.0278. The summed E-state index contributed by atoms with van der Waals surface area (Å²) in [5.74, 6) is 0.818. The molecule has 3 rings (SSSR count). The summed E-state index contributed by atoms with van der Waals surface area (Å²) in [6.07, 6.45) is 3.61. The second-order valence-corrected chi connectivity index (χ2v) is 7.36. The Hall–Kier alpha value is -1.55. The molecule has 0 saturated carbocycles. The van der Waals surface area contributed by atoms with Gasteiger partial charge >= 0.3 is 0 Å². The van der Waals surface area contributed by atoms with Crippen LogP contribution in [0, 0.1) is 0 Å². The number of morpholine rings is 1. The van der Waals surface area contributed by atoms with E-state index in [9.17, 15) is 4.79 Å². The Bertz CT molecular complexity index is 586. The SMILES string of the molecule is C[C@H]1CN(C(=O)C(C)(C)Oc2ccc3c(c2)CCC3)C[C@H](C)O1. The molecule has 0 spiro atoms. The molecule has 1 heterocycles. The zero-order valence-electron chi connectivity index (χ0n) is 14.6. The summed E-state index contributed by atoms with van der Waals surface area (Å²) in [6.45, 7) is 8.97. The first-order valence-electron chi connectivity index (χ1n) is 8.61. The Kier molecular flexibility index (Phi) is 4.37. The van der Waals surface area contributed by atoms with E-state index in [2.05, 4.69) is 12.1 Å². The van der Waals surface area contributed by atoms with Crippen LogP contribution in [0.4, 0.5) is 0 Å². The average Bonchev–Trinajstić information content (AvgIpc) is 2.92. The molecule has 126 valence electrons. The van der Waals surface area contributed by atoms with Gasteiger partial charge < -0.3 is 14.4 Å². The highest BCUT2D eigenvalue weighted by Crippen LogP contribution is 2.29. The summed E-state index contributed by atoms with van der Waals surface area (Å²) in [5, 5.41) is 0. The number of hydrogen-bond donors (Lipinski definition) is 0. The molecule has 1 saturated heterocycles. The first-order valence-corrected chi connectivity index (χ1v) is 8.61. The van der Waals surface area contributed by atoms with Gasteiger partial charge in [-0.1, -0.05) is 6.07 Å². The number of amides is 1.